The Morgan fingerprint density at radius 2 is 0.767 bits per heavy atom. The predicted octanol–water partition coefficient (Wildman–Crippen LogP) is 16.1. The molecular formula is C54H105NO5. The van der Waals surface area contributed by atoms with Crippen LogP contribution in [0.15, 0.2) is 12.2 Å². The summed E-state index contributed by atoms with van der Waals surface area (Å²) in [6, 6.07) is -0.638. The summed E-state index contributed by atoms with van der Waals surface area (Å²) in [5.74, 6) is -0.0888. The van der Waals surface area contributed by atoms with Crippen LogP contribution in [0.4, 0.5) is 0 Å². The number of unbranched alkanes of at least 4 members (excludes halogenated alkanes) is 39. The van der Waals surface area contributed by atoms with Crippen LogP contribution < -0.4 is 5.32 Å². The molecule has 0 bridgehead atoms. The van der Waals surface area contributed by atoms with Gasteiger partial charge in [-0.3, -0.25) is 9.59 Å². The van der Waals surface area contributed by atoms with Gasteiger partial charge in [0.2, 0.25) is 5.91 Å². The van der Waals surface area contributed by atoms with E-state index in [1.165, 1.54) is 212 Å². The van der Waals surface area contributed by atoms with Crippen molar-refractivity contribution in [3.63, 3.8) is 0 Å². The number of aliphatic hydroxyl groups is 2. The zero-order valence-electron chi connectivity index (χ0n) is 40.5. The molecule has 0 aliphatic carbocycles. The third kappa shape index (κ3) is 46.1. The minimum absolute atomic E-state index is 0.00708. The fourth-order valence-corrected chi connectivity index (χ4v) is 8.40. The summed E-state index contributed by atoms with van der Waals surface area (Å²) in [6.45, 7) is 4.88. The Kier molecular flexibility index (Phi) is 49.1. The average Bonchev–Trinajstić information content (AvgIpc) is 3.25. The number of hydrogen-bond acceptors (Lipinski definition) is 5. The molecule has 0 aliphatic heterocycles. The lowest BCUT2D eigenvalue weighted by Gasteiger charge is -2.20. The molecule has 2 unspecified atom stereocenters. The van der Waals surface area contributed by atoms with E-state index in [4.69, 9.17) is 4.74 Å². The number of esters is 1. The Bertz CT molecular complexity index is 893. The fraction of sp³-hybridized carbons (Fsp3) is 0.926. The Morgan fingerprint density at radius 1 is 0.450 bits per heavy atom. The summed E-state index contributed by atoms with van der Waals surface area (Å²) in [4.78, 5) is 24.5. The van der Waals surface area contributed by atoms with Crippen molar-refractivity contribution in [2.45, 2.75) is 309 Å². The smallest absolute Gasteiger partial charge is 0.305 e. The maximum atomic E-state index is 12.4. The standard InChI is InChI=1S/C54H105NO5/c1-3-5-7-9-11-13-15-17-19-21-23-28-32-36-40-44-48-54(59)60-49-45-41-37-33-29-25-24-27-31-35-39-43-47-53(58)55-51(50-56)52(57)46-42-38-34-30-26-22-20-18-16-14-12-10-8-6-4-2/h42,46,51-52,56-57H,3-41,43-45,47-50H2,1-2H3,(H,55,58)/b46-42+. The van der Waals surface area contributed by atoms with Crippen LogP contribution in [0.5, 0.6) is 0 Å². The molecule has 356 valence electrons. The van der Waals surface area contributed by atoms with E-state index in [2.05, 4.69) is 19.2 Å². The highest BCUT2D eigenvalue weighted by Crippen LogP contribution is 2.17. The fourth-order valence-electron chi connectivity index (χ4n) is 8.40. The number of amides is 1. The first-order valence-electron chi connectivity index (χ1n) is 27.0. The van der Waals surface area contributed by atoms with E-state index < -0.39 is 12.1 Å². The van der Waals surface area contributed by atoms with Crippen LogP contribution in [0.1, 0.15) is 296 Å². The van der Waals surface area contributed by atoms with Crippen molar-refractivity contribution in [1.82, 2.24) is 5.32 Å². The zero-order chi connectivity index (χ0) is 43.7. The molecule has 0 radical (unpaired) electrons. The van der Waals surface area contributed by atoms with Crippen molar-refractivity contribution in [3.8, 4) is 0 Å². The molecular weight excluding hydrogens is 743 g/mol. The molecule has 60 heavy (non-hydrogen) atoms. The van der Waals surface area contributed by atoms with Gasteiger partial charge >= 0.3 is 5.97 Å². The summed E-state index contributed by atoms with van der Waals surface area (Å²) < 4.78 is 5.47. The Balaban J connectivity index is 3.47. The quantitative estimate of drug-likeness (QED) is 0.0322. The van der Waals surface area contributed by atoms with E-state index in [0.29, 0.717) is 19.4 Å². The number of carbonyl (C=O) groups excluding carboxylic acids is 2. The monoisotopic (exact) mass is 848 g/mol. The lowest BCUT2D eigenvalue weighted by atomic mass is 10.0. The largest absolute Gasteiger partial charge is 0.466 e. The SMILES string of the molecule is CCCCCCCCCCCCCCC/C=C/C(O)C(CO)NC(=O)CCCCCCCCCCCCCCOC(=O)CCCCCCCCCCCCCCCCCC. The molecule has 0 aliphatic rings. The second-order valence-electron chi connectivity index (χ2n) is 18.6. The molecule has 0 heterocycles. The molecule has 0 fully saturated rings. The second kappa shape index (κ2) is 50.2. The van der Waals surface area contributed by atoms with Gasteiger partial charge in [0, 0.05) is 12.8 Å². The van der Waals surface area contributed by atoms with Crippen molar-refractivity contribution < 1.29 is 24.5 Å². The molecule has 2 atom stereocenters. The van der Waals surface area contributed by atoms with Gasteiger partial charge in [-0.1, -0.05) is 264 Å². The third-order valence-electron chi connectivity index (χ3n) is 12.6. The lowest BCUT2D eigenvalue weighted by molar-refractivity contribution is -0.143. The molecule has 0 rings (SSSR count). The average molecular weight is 848 g/mol. The molecule has 0 aromatic rings. The summed E-state index contributed by atoms with van der Waals surface area (Å²) in [7, 11) is 0. The van der Waals surface area contributed by atoms with E-state index >= 15 is 0 Å². The van der Waals surface area contributed by atoms with Gasteiger partial charge in [-0.15, -0.1) is 0 Å². The van der Waals surface area contributed by atoms with Gasteiger partial charge in [0.15, 0.2) is 0 Å². The number of rotatable bonds is 50. The first-order chi connectivity index (χ1) is 29.5. The first-order valence-corrected chi connectivity index (χ1v) is 27.0. The molecule has 1 amide bonds. The second-order valence-corrected chi connectivity index (χ2v) is 18.6. The molecule has 6 nitrogen and oxygen atoms in total. The van der Waals surface area contributed by atoms with Crippen LogP contribution in [0.3, 0.4) is 0 Å². The Hall–Kier alpha value is -1.40. The van der Waals surface area contributed by atoms with Crippen LogP contribution in [0, 0.1) is 0 Å². The zero-order valence-corrected chi connectivity index (χ0v) is 40.5. The van der Waals surface area contributed by atoms with Gasteiger partial charge in [0.05, 0.1) is 25.4 Å². The predicted molar refractivity (Wildman–Crippen MR) is 260 cm³/mol. The van der Waals surface area contributed by atoms with Crippen molar-refractivity contribution in [3.05, 3.63) is 12.2 Å². The highest BCUT2D eigenvalue weighted by Gasteiger charge is 2.18. The Morgan fingerprint density at radius 3 is 1.13 bits per heavy atom. The van der Waals surface area contributed by atoms with Crippen LogP contribution in [-0.4, -0.2) is 47.4 Å². The molecule has 0 aromatic carbocycles. The molecule has 0 aromatic heterocycles. The van der Waals surface area contributed by atoms with Crippen LogP contribution >= 0.6 is 0 Å². The van der Waals surface area contributed by atoms with Gasteiger partial charge in [-0.25, -0.2) is 0 Å². The van der Waals surface area contributed by atoms with E-state index in [1.54, 1.807) is 6.08 Å². The van der Waals surface area contributed by atoms with Gasteiger partial charge < -0.3 is 20.3 Å². The number of ether oxygens (including phenoxy) is 1. The molecule has 0 saturated heterocycles. The van der Waals surface area contributed by atoms with Gasteiger partial charge in [-0.2, -0.15) is 0 Å². The minimum atomic E-state index is -0.853. The van der Waals surface area contributed by atoms with Gasteiger partial charge in [0.1, 0.15) is 0 Å². The highest BCUT2D eigenvalue weighted by atomic mass is 16.5. The van der Waals surface area contributed by atoms with Crippen LogP contribution in [0.2, 0.25) is 0 Å². The van der Waals surface area contributed by atoms with Crippen LogP contribution in [0.25, 0.3) is 0 Å². The van der Waals surface area contributed by atoms with Gasteiger partial charge in [-0.05, 0) is 32.1 Å². The summed E-state index contributed by atoms with van der Waals surface area (Å²) >= 11 is 0. The number of hydrogen-bond donors (Lipinski definition) is 3. The maximum absolute atomic E-state index is 12.4. The van der Waals surface area contributed by atoms with Crippen molar-refractivity contribution >= 4 is 11.9 Å². The van der Waals surface area contributed by atoms with E-state index in [9.17, 15) is 19.8 Å². The number of allylic oxidation sites excluding steroid dienone is 1. The van der Waals surface area contributed by atoms with Crippen molar-refractivity contribution in [2.75, 3.05) is 13.2 Å². The van der Waals surface area contributed by atoms with Crippen molar-refractivity contribution in [2.24, 2.45) is 0 Å². The molecule has 3 N–H and O–H groups in total. The maximum Gasteiger partial charge on any atom is 0.305 e. The van der Waals surface area contributed by atoms with Crippen molar-refractivity contribution in [1.29, 1.82) is 0 Å². The molecule has 6 heteroatoms. The van der Waals surface area contributed by atoms with E-state index in [0.717, 1.165) is 57.8 Å². The molecule has 0 saturated carbocycles. The topological polar surface area (TPSA) is 95.9 Å². The molecule has 0 spiro atoms. The first kappa shape index (κ1) is 58.6. The van der Waals surface area contributed by atoms with Crippen LogP contribution in [-0.2, 0) is 14.3 Å². The summed E-state index contributed by atoms with van der Waals surface area (Å²) in [5, 5.41) is 23.1. The highest BCUT2D eigenvalue weighted by molar-refractivity contribution is 5.76. The van der Waals surface area contributed by atoms with Gasteiger partial charge in [0.25, 0.3) is 0 Å². The number of aliphatic hydroxyl groups excluding tert-OH is 2. The Labute approximate surface area is 374 Å². The summed E-state index contributed by atoms with van der Waals surface area (Å²) in [5.41, 5.74) is 0. The minimum Gasteiger partial charge on any atom is -0.466 e. The van der Waals surface area contributed by atoms with E-state index in [1.807, 2.05) is 6.08 Å². The summed E-state index contributed by atoms with van der Waals surface area (Å²) in [6.07, 6.45) is 57.8. The third-order valence-corrected chi connectivity index (χ3v) is 12.6. The normalized spacial score (nSPS) is 12.7. The lowest BCUT2D eigenvalue weighted by Crippen LogP contribution is -2.45. The number of nitrogens with one attached hydrogen (secondary N) is 1. The van der Waals surface area contributed by atoms with E-state index in [-0.39, 0.29) is 18.5 Å². The number of carbonyl (C=O) groups is 2.